The molecule has 5 rings (SSSR count). The minimum Gasteiger partial charge on any atom is -0.508 e. The van der Waals surface area contributed by atoms with Gasteiger partial charge < -0.3 is 24.1 Å². The van der Waals surface area contributed by atoms with E-state index in [9.17, 15) is 19.5 Å². The van der Waals surface area contributed by atoms with Crippen molar-refractivity contribution in [1.29, 1.82) is 0 Å². The number of phenolic OH excluding ortho intramolecular Hbond substituents is 1. The van der Waals surface area contributed by atoms with E-state index in [1.807, 2.05) is 67.5 Å². The fraction of sp³-hybridized carbons (Fsp3) is 0.475. The highest BCUT2D eigenvalue weighted by Gasteiger charge is 2.56. The lowest BCUT2D eigenvalue weighted by molar-refractivity contribution is -0.153. The maximum atomic E-state index is 14.5. The first-order chi connectivity index (χ1) is 22.9. The van der Waals surface area contributed by atoms with Crippen molar-refractivity contribution in [3.8, 4) is 23.0 Å². The summed E-state index contributed by atoms with van der Waals surface area (Å²) in [6.07, 6.45) is 1.09. The molecular formula is C40H51O8P. The van der Waals surface area contributed by atoms with Crippen LogP contribution in [0.15, 0.2) is 60.7 Å². The van der Waals surface area contributed by atoms with Crippen LogP contribution in [0, 0.1) is 16.2 Å². The molecule has 0 aromatic heterocycles. The maximum absolute atomic E-state index is 14.5. The number of ether oxygens (including phenoxy) is 4. The molecule has 4 atom stereocenters. The summed E-state index contributed by atoms with van der Waals surface area (Å²) in [6.45, 7) is 22.2. The molecule has 2 aliphatic rings. The van der Waals surface area contributed by atoms with Crippen molar-refractivity contribution in [3.05, 3.63) is 82.9 Å². The summed E-state index contributed by atoms with van der Waals surface area (Å²) in [5, 5.41) is 9.93. The highest BCUT2D eigenvalue weighted by molar-refractivity contribution is 7.58. The van der Waals surface area contributed by atoms with Gasteiger partial charge in [-0.25, -0.2) is 4.79 Å². The minimum atomic E-state index is -1.37. The number of rotatable bonds is 8. The van der Waals surface area contributed by atoms with Crippen molar-refractivity contribution in [3.63, 3.8) is 0 Å². The zero-order chi connectivity index (χ0) is 36.7. The van der Waals surface area contributed by atoms with Gasteiger partial charge in [0.25, 0.3) is 0 Å². The van der Waals surface area contributed by atoms with Crippen LogP contribution in [0.5, 0.6) is 23.0 Å². The van der Waals surface area contributed by atoms with Gasteiger partial charge in [0.05, 0.1) is 29.1 Å². The summed E-state index contributed by atoms with van der Waals surface area (Å²) >= 11 is 0. The Bertz CT molecular complexity index is 1760. The number of fused-ring (bicyclic) bond motifs is 6. The number of hydrogen-bond acceptors (Lipinski definition) is 8. The molecule has 0 amide bonds. The first-order valence-electron chi connectivity index (χ1n) is 16.9. The van der Waals surface area contributed by atoms with E-state index < -0.39 is 46.9 Å². The van der Waals surface area contributed by atoms with E-state index in [0.717, 1.165) is 0 Å². The van der Waals surface area contributed by atoms with E-state index in [4.69, 9.17) is 18.9 Å². The van der Waals surface area contributed by atoms with Crippen LogP contribution in [0.1, 0.15) is 103 Å². The number of benzene rings is 3. The molecule has 0 bridgehead atoms. The van der Waals surface area contributed by atoms with Crippen molar-refractivity contribution in [2.24, 2.45) is 16.2 Å². The molecule has 8 nitrogen and oxygen atoms in total. The predicted molar refractivity (Wildman–Crippen MR) is 193 cm³/mol. The predicted octanol–water partition coefficient (Wildman–Crippen LogP) is 9.42. The maximum Gasteiger partial charge on any atom is 0.340 e. The van der Waals surface area contributed by atoms with Crippen LogP contribution in [0.25, 0.3) is 0 Å². The molecule has 0 saturated heterocycles. The van der Waals surface area contributed by atoms with Gasteiger partial charge >= 0.3 is 17.9 Å². The summed E-state index contributed by atoms with van der Waals surface area (Å²) in [5.41, 5.74) is -1.52. The number of para-hydroxylation sites is 1. The number of carbonyl (C=O) groups excluding carboxylic acids is 3. The van der Waals surface area contributed by atoms with Crippen molar-refractivity contribution in [1.82, 2.24) is 0 Å². The van der Waals surface area contributed by atoms with Crippen LogP contribution in [0.2, 0.25) is 0 Å². The number of esters is 3. The Labute approximate surface area is 292 Å². The first-order valence-corrected chi connectivity index (χ1v) is 18.9. The van der Waals surface area contributed by atoms with Crippen molar-refractivity contribution >= 4 is 25.8 Å². The highest BCUT2D eigenvalue weighted by Crippen LogP contribution is 2.62. The Kier molecular flexibility index (Phi) is 10.4. The Morgan fingerprint density at radius 1 is 0.857 bits per heavy atom. The van der Waals surface area contributed by atoms with Crippen LogP contribution in [0.4, 0.5) is 0 Å². The number of hydrogen-bond donors (Lipinski definition) is 1. The zero-order valence-electron chi connectivity index (χ0n) is 30.9. The van der Waals surface area contributed by atoms with E-state index in [1.54, 1.807) is 36.4 Å². The Balaban J connectivity index is 0.00000265. The van der Waals surface area contributed by atoms with Gasteiger partial charge in [0, 0.05) is 22.3 Å². The number of phenols is 1. The van der Waals surface area contributed by atoms with Crippen molar-refractivity contribution in [2.75, 3.05) is 19.9 Å². The molecule has 264 valence electrons. The SMILES string of the molecule is CC.CCC(C)(C(=O)OC)C(C)(C)P(C)CC(C)(C(=O)Oc1cccc2c1Oc1cc(O)ccc1C21OC(=O)c2ccccc21)C(C)(C)C. The summed E-state index contributed by atoms with van der Waals surface area (Å²) < 4.78 is 24.2. The largest absolute Gasteiger partial charge is 0.508 e. The molecule has 9 heteroatoms. The highest BCUT2D eigenvalue weighted by atomic mass is 31.1. The fourth-order valence-electron chi connectivity index (χ4n) is 6.70. The lowest BCUT2D eigenvalue weighted by Crippen LogP contribution is -2.50. The monoisotopic (exact) mass is 690 g/mol. The van der Waals surface area contributed by atoms with Crippen LogP contribution >= 0.6 is 7.92 Å². The fourth-order valence-corrected chi connectivity index (χ4v) is 9.74. The standard InChI is InChI=1S/C38H45O8P.C2H6/c1-11-36(7,32(41)43-9)35(5,6)47(10)22-37(8,34(2,3)4)33(42)45-28-18-14-17-27-30(28)44-29-21-23(39)19-20-26(29)38(27)25-16-13-12-15-24(25)31(40)46-38;1-2/h12-21,39H,11,22H2,1-10H3;1-2H3. The molecular weight excluding hydrogens is 639 g/mol. The quantitative estimate of drug-likeness (QED) is 0.142. The molecule has 1 spiro atoms. The molecule has 49 heavy (non-hydrogen) atoms. The molecule has 1 N–H and O–H groups in total. The van der Waals surface area contributed by atoms with E-state index in [2.05, 4.69) is 20.5 Å². The molecule has 0 fully saturated rings. The first kappa shape index (κ1) is 37.9. The normalized spacial score (nSPS) is 19.3. The average molecular weight is 691 g/mol. The lowest BCUT2D eigenvalue weighted by atomic mass is 9.69. The van der Waals surface area contributed by atoms with Crippen LogP contribution in [-0.2, 0) is 24.7 Å². The molecule has 0 aliphatic carbocycles. The smallest absolute Gasteiger partial charge is 0.340 e. The van der Waals surface area contributed by atoms with Crippen LogP contribution < -0.4 is 9.47 Å². The van der Waals surface area contributed by atoms with Gasteiger partial charge in [0.1, 0.15) is 11.5 Å². The number of aromatic hydroxyl groups is 1. The third-order valence-corrected chi connectivity index (χ3v) is 14.7. The van der Waals surface area contributed by atoms with Gasteiger partial charge in [0.2, 0.25) is 0 Å². The van der Waals surface area contributed by atoms with Gasteiger partial charge in [0.15, 0.2) is 17.1 Å². The summed E-state index contributed by atoms with van der Waals surface area (Å²) in [7, 11) is 0.488. The zero-order valence-corrected chi connectivity index (χ0v) is 31.8. The van der Waals surface area contributed by atoms with Gasteiger partial charge in [-0.1, -0.05) is 85.7 Å². The van der Waals surface area contributed by atoms with Crippen molar-refractivity contribution < 1.29 is 38.4 Å². The Morgan fingerprint density at radius 2 is 1.49 bits per heavy atom. The second-order valence-corrected chi connectivity index (χ2v) is 17.4. The van der Waals surface area contributed by atoms with E-state index in [0.29, 0.717) is 34.8 Å². The van der Waals surface area contributed by atoms with E-state index in [-0.39, 0.29) is 29.0 Å². The third kappa shape index (κ3) is 5.90. The van der Waals surface area contributed by atoms with Crippen LogP contribution in [0.3, 0.4) is 0 Å². The summed E-state index contributed by atoms with van der Waals surface area (Å²) in [5.74, 6) is -0.540. The third-order valence-electron chi connectivity index (χ3n) is 11.2. The van der Waals surface area contributed by atoms with Gasteiger partial charge in [-0.15, -0.1) is 7.92 Å². The topological polar surface area (TPSA) is 108 Å². The van der Waals surface area contributed by atoms with Crippen molar-refractivity contribution in [2.45, 2.75) is 86.4 Å². The molecule has 4 unspecified atom stereocenters. The van der Waals surface area contributed by atoms with Crippen LogP contribution in [-0.4, -0.2) is 48.1 Å². The van der Waals surface area contributed by atoms with Gasteiger partial charge in [-0.3, -0.25) is 9.59 Å². The number of carbonyl (C=O) groups is 3. The second kappa shape index (κ2) is 13.4. The molecule has 0 radical (unpaired) electrons. The molecule has 0 saturated carbocycles. The number of methoxy groups -OCH3 is 1. The summed E-state index contributed by atoms with van der Waals surface area (Å²) in [4.78, 5) is 40.8. The Hall–Kier alpha value is -3.90. The second-order valence-electron chi connectivity index (χ2n) is 14.6. The lowest BCUT2D eigenvalue weighted by Gasteiger charge is -2.50. The Morgan fingerprint density at radius 3 is 2.10 bits per heavy atom. The van der Waals surface area contributed by atoms with Gasteiger partial charge in [-0.05, 0) is 62.8 Å². The van der Waals surface area contributed by atoms with Gasteiger partial charge in [-0.2, -0.15) is 0 Å². The average Bonchev–Trinajstić information content (AvgIpc) is 3.36. The minimum absolute atomic E-state index is 0.0281. The molecule has 3 aromatic rings. The molecule has 3 aromatic carbocycles. The molecule has 2 aliphatic heterocycles. The van der Waals surface area contributed by atoms with E-state index in [1.165, 1.54) is 19.2 Å². The molecule has 2 heterocycles. The van der Waals surface area contributed by atoms with E-state index >= 15 is 0 Å². The summed E-state index contributed by atoms with van der Waals surface area (Å²) in [6, 6.07) is 17.1.